The molecule has 8 nitrogen and oxygen atoms in total. The second-order valence-corrected chi connectivity index (χ2v) is 8.36. The normalized spacial score (nSPS) is 13.5. The summed E-state index contributed by atoms with van der Waals surface area (Å²) in [5.41, 5.74) is 4.84. The average Bonchev–Trinajstić information content (AvgIpc) is 3.19. The van der Waals surface area contributed by atoms with Crippen molar-refractivity contribution >= 4 is 33.8 Å². The van der Waals surface area contributed by atoms with Crippen LogP contribution in [0, 0.1) is 17.0 Å². The van der Waals surface area contributed by atoms with E-state index >= 15 is 0 Å². The summed E-state index contributed by atoms with van der Waals surface area (Å²) >= 11 is 0. The molecule has 0 spiro atoms. The zero-order valence-electron chi connectivity index (χ0n) is 19.8. The zero-order chi connectivity index (χ0) is 24.4. The van der Waals surface area contributed by atoms with Crippen LogP contribution in [0.15, 0.2) is 34.8 Å². The van der Waals surface area contributed by atoms with E-state index in [0.717, 1.165) is 59.1 Å². The molecule has 0 radical (unpaired) electrons. The number of fused-ring (bicyclic) bond motifs is 3. The molecule has 1 heterocycles. The maximum Gasteiger partial charge on any atom is 0.273 e. The predicted molar refractivity (Wildman–Crippen MR) is 131 cm³/mol. The van der Waals surface area contributed by atoms with Gasteiger partial charge in [0.15, 0.2) is 0 Å². The van der Waals surface area contributed by atoms with Gasteiger partial charge in [0.2, 0.25) is 5.91 Å². The highest BCUT2D eigenvalue weighted by atomic mass is 16.6. The number of aryl methyl sites for hydroxylation is 3. The van der Waals surface area contributed by atoms with E-state index in [9.17, 15) is 14.9 Å². The average molecular weight is 465 g/mol. The number of hydrogen-bond acceptors (Lipinski definition) is 6. The number of nitro benzene ring substituents is 1. The molecule has 34 heavy (non-hydrogen) atoms. The van der Waals surface area contributed by atoms with Crippen molar-refractivity contribution in [2.24, 2.45) is 0 Å². The van der Waals surface area contributed by atoms with Gasteiger partial charge in [-0.3, -0.25) is 14.9 Å². The third kappa shape index (κ3) is 4.35. The summed E-state index contributed by atoms with van der Waals surface area (Å²) in [5.74, 6) is 1.59. The number of hydrogen-bond donors (Lipinski definition) is 1. The number of rotatable bonds is 7. The SMILES string of the molecule is CCOc1c(/C(C)=C/C(=O)Nc2ccc([N+](=O)[O-])cc2OC)cc2c3c(oc2c1C)CCCC3. The summed E-state index contributed by atoms with van der Waals surface area (Å²) in [6.45, 7) is 6.26. The zero-order valence-corrected chi connectivity index (χ0v) is 19.8. The Bertz CT molecular complexity index is 1300. The number of ether oxygens (including phenoxy) is 2. The van der Waals surface area contributed by atoms with E-state index < -0.39 is 4.92 Å². The summed E-state index contributed by atoms with van der Waals surface area (Å²) in [4.78, 5) is 23.3. The molecule has 1 aliphatic rings. The molecule has 0 saturated carbocycles. The Hall–Kier alpha value is -3.81. The molecule has 4 rings (SSSR count). The van der Waals surface area contributed by atoms with Gasteiger partial charge in [-0.2, -0.15) is 0 Å². The van der Waals surface area contributed by atoms with Crippen LogP contribution in [0.4, 0.5) is 11.4 Å². The minimum atomic E-state index is -0.513. The fourth-order valence-corrected chi connectivity index (χ4v) is 4.50. The van der Waals surface area contributed by atoms with Crippen LogP contribution in [-0.4, -0.2) is 24.5 Å². The Morgan fingerprint density at radius 1 is 1.26 bits per heavy atom. The number of nitrogens with one attached hydrogen (secondary N) is 1. The maximum atomic E-state index is 12.8. The van der Waals surface area contributed by atoms with Crippen molar-refractivity contribution in [2.75, 3.05) is 19.0 Å². The number of furan rings is 1. The van der Waals surface area contributed by atoms with Gasteiger partial charge in [-0.05, 0) is 57.7 Å². The molecule has 8 heteroatoms. The molecule has 0 aliphatic heterocycles. The van der Waals surface area contributed by atoms with E-state index in [2.05, 4.69) is 11.4 Å². The lowest BCUT2D eigenvalue weighted by Crippen LogP contribution is -2.10. The minimum absolute atomic E-state index is 0.116. The topological polar surface area (TPSA) is 104 Å². The first-order valence-corrected chi connectivity index (χ1v) is 11.4. The van der Waals surface area contributed by atoms with Crippen LogP contribution < -0.4 is 14.8 Å². The van der Waals surface area contributed by atoms with Crippen LogP contribution in [0.3, 0.4) is 0 Å². The lowest BCUT2D eigenvalue weighted by molar-refractivity contribution is -0.384. The summed E-state index contributed by atoms with van der Waals surface area (Å²) in [5, 5.41) is 14.8. The number of amides is 1. The lowest BCUT2D eigenvalue weighted by atomic mass is 9.93. The quantitative estimate of drug-likeness (QED) is 0.262. The highest BCUT2D eigenvalue weighted by Crippen LogP contribution is 2.41. The Balaban J connectivity index is 1.71. The summed E-state index contributed by atoms with van der Waals surface area (Å²) in [6, 6.07) is 6.12. The standard InChI is InChI=1S/C26H28N2O6/c1-5-33-25-16(3)26-20(18-8-6-7-9-22(18)34-26)14-19(25)15(2)12-24(29)27-21-11-10-17(28(30)31)13-23(21)32-4/h10-14H,5-9H2,1-4H3,(H,27,29)/b15-12+. The van der Waals surface area contributed by atoms with Gasteiger partial charge in [0, 0.05) is 40.6 Å². The van der Waals surface area contributed by atoms with Crippen molar-refractivity contribution in [3.8, 4) is 11.5 Å². The molecular formula is C26H28N2O6. The molecule has 0 fully saturated rings. The van der Waals surface area contributed by atoms with Gasteiger partial charge in [0.25, 0.3) is 5.69 Å². The smallest absolute Gasteiger partial charge is 0.273 e. The summed E-state index contributed by atoms with van der Waals surface area (Å²) in [6.07, 6.45) is 5.69. The molecule has 0 unspecified atom stereocenters. The molecule has 1 amide bonds. The van der Waals surface area contributed by atoms with Crippen molar-refractivity contribution in [2.45, 2.75) is 46.5 Å². The number of carbonyl (C=O) groups is 1. The number of benzene rings is 2. The van der Waals surface area contributed by atoms with Crippen LogP contribution in [0.1, 0.15) is 49.1 Å². The van der Waals surface area contributed by atoms with Crippen LogP contribution in [0.2, 0.25) is 0 Å². The van der Waals surface area contributed by atoms with Crippen molar-refractivity contribution in [1.29, 1.82) is 0 Å². The molecule has 0 atom stereocenters. The van der Waals surface area contributed by atoms with Crippen molar-refractivity contribution < 1.29 is 23.6 Å². The van der Waals surface area contributed by atoms with Crippen LogP contribution in [-0.2, 0) is 17.6 Å². The van der Waals surface area contributed by atoms with Crippen LogP contribution >= 0.6 is 0 Å². The fourth-order valence-electron chi connectivity index (χ4n) is 4.50. The van der Waals surface area contributed by atoms with Crippen LogP contribution in [0.25, 0.3) is 16.5 Å². The molecule has 1 aliphatic carbocycles. The van der Waals surface area contributed by atoms with Gasteiger partial charge in [-0.25, -0.2) is 0 Å². The van der Waals surface area contributed by atoms with Crippen molar-refractivity contribution in [3.63, 3.8) is 0 Å². The predicted octanol–water partition coefficient (Wildman–Crippen LogP) is 5.98. The molecule has 178 valence electrons. The largest absolute Gasteiger partial charge is 0.494 e. The van der Waals surface area contributed by atoms with Gasteiger partial charge < -0.3 is 19.2 Å². The summed E-state index contributed by atoms with van der Waals surface area (Å²) in [7, 11) is 1.40. The number of nitro groups is 1. The van der Waals surface area contributed by atoms with Gasteiger partial charge in [0.05, 0.1) is 30.4 Å². The Morgan fingerprint density at radius 3 is 2.74 bits per heavy atom. The van der Waals surface area contributed by atoms with E-state index in [-0.39, 0.29) is 17.3 Å². The maximum absolute atomic E-state index is 12.8. The van der Waals surface area contributed by atoms with Crippen molar-refractivity contribution in [1.82, 2.24) is 0 Å². The molecule has 1 N–H and O–H groups in total. The Labute approximate surface area is 197 Å². The lowest BCUT2D eigenvalue weighted by Gasteiger charge is -2.15. The Kier molecular flexibility index (Phi) is 6.58. The minimum Gasteiger partial charge on any atom is -0.494 e. The number of methoxy groups -OCH3 is 1. The first-order valence-electron chi connectivity index (χ1n) is 11.4. The molecular weight excluding hydrogens is 436 g/mol. The second kappa shape index (κ2) is 9.59. The summed E-state index contributed by atoms with van der Waals surface area (Å²) < 4.78 is 17.4. The van der Waals surface area contributed by atoms with E-state index in [4.69, 9.17) is 13.9 Å². The number of non-ortho nitro benzene ring substituents is 1. The fraction of sp³-hybridized carbons (Fsp3) is 0.346. The van der Waals surface area contributed by atoms with E-state index in [1.54, 1.807) is 0 Å². The Morgan fingerprint density at radius 2 is 2.03 bits per heavy atom. The van der Waals surface area contributed by atoms with Gasteiger partial charge >= 0.3 is 0 Å². The number of allylic oxidation sites excluding steroid dienone is 1. The number of nitrogens with zero attached hydrogens (tertiary/aromatic N) is 1. The highest BCUT2D eigenvalue weighted by Gasteiger charge is 2.23. The van der Waals surface area contributed by atoms with Gasteiger partial charge in [-0.15, -0.1) is 0 Å². The number of carbonyl (C=O) groups excluding carboxylic acids is 1. The van der Waals surface area contributed by atoms with Gasteiger partial charge in [0.1, 0.15) is 22.8 Å². The molecule has 3 aromatic rings. The van der Waals surface area contributed by atoms with Crippen LogP contribution in [0.5, 0.6) is 11.5 Å². The van der Waals surface area contributed by atoms with Crippen molar-refractivity contribution in [3.05, 3.63) is 62.9 Å². The highest BCUT2D eigenvalue weighted by molar-refractivity contribution is 6.05. The van der Waals surface area contributed by atoms with E-state index in [1.165, 1.54) is 36.9 Å². The van der Waals surface area contributed by atoms with Gasteiger partial charge in [-0.1, -0.05) is 0 Å². The molecule has 0 bridgehead atoms. The third-order valence-electron chi connectivity index (χ3n) is 6.14. The molecule has 2 aromatic carbocycles. The van der Waals surface area contributed by atoms with E-state index in [1.807, 2.05) is 20.8 Å². The first-order chi connectivity index (χ1) is 16.3. The van der Waals surface area contributed by atoms with E-state index in [0.29, 0.717) is 18.0 Å². The number of anilines is 1. The third-order valence-corrected chi connectivity index (χ3v) is 6.14. The monoisotopic (exact) mass is 464 g/mol. The second-order valence-electron chi connectivity index (χ2n) is 8.36. The molecule has 1 aromatic heterocycles. The molecule has 0 saturated heterocycles. The first kappa shape index (κ1) is 23.4.